The van der Waals surface area contributed by atoms with Crippen molar-refractivity contribution in [3.8, 4) is 6.07 Å². The lowest BCUT2D eigenvalue weighted by molar-refractivity contribution is 0.681. The van der Waals surface area contributed by atoms with Crippen molar-refractivity contribution in [3.05, 3.63) is 6.20 Å². The number of hydrogen-bond donors (Lipinski definition) is 2. The van der Waals surface area contributed by atoms with E-state index in [9.17, 15) is 0 Å². The predicted octanol–water partition coefficient (Wildman–Crippen LogP) is 0.921. The first-order valence-corrected chi connectivity index (χ1v) is 5.76. The first-order chi connectivity index (χ1) is 8.65. The molecule has 1 unspecified atom stereocenters. The monoisotopic (exact) mass is 245 g/mol. The van der Waals surface area contributed by atoms with Crippen LogP contribution in [0, 0.1) is 17.2 Å². The normalized spacial score (nSPS) is 12.3. The van der Waals surface area contributed by atoms with Crippen LogP contribution in [-0.2, 0) is 0 Å². The quantitative estimate of drug-likeness (QED) is 0.829. The van der Waals surface area contributed by atoms with E-state index in [-0.39, 0.29) is 11.9 Å². The molecule has 0 amide bonds. The molecule has 0 saturated heterocycles. The number of fused-ring (bicyclic) bond motifs is 1. The van der Waals surface area contributed by atoms with E-state index < -0.39 is 0 Å². The molecule has 0 aliphatic rings. The van der Waals surface area contributed by atoms with Crippen LogP contribution in [0.4, 0.5) is 11.8 Å². The molecule has 0 saturated carbocycles. The molecule has 7 nitrogen and oxygen atoms in total. The topological polar surface area (TPSA) is 108 Å². The number of hydrogen-bond acceptors (Lipinski definition) is 6. The van der Waals surface area contributed by atoms with Crippen LogP contribution < -0.4 is 10.6 Å². The number of anilines is 2. The zero-order valence-corrected chi connectivity index (χ0v) is 10.4. The van der Waals surface area contributed by atoms with Crippen molar-refractivity contribution >= 4 is 22.8 Å². The molecule has 94 valence electrons. The van der Waals surface area contributed by atoms with Gasteiger partial charge in [-0.3, -0.25) is 5.10 Å². The fourth-order valence-electron chi connectivity index (χ4n) is 1.81. The van der Waals surface area contributed by atoms with Crippen molar-refractivity contribution in [1.82, 2.24) is 20.2 Å². The zero-order valence-electron chi connectivity index (χ0n) is 10.4. The summed E-state index contributed by atoms with van der Waals surface area (Å²) in [6, 6.07) is 2.22. The third-order valence-corrected chi connectivity index (χ3v) is 2.70. The minimum absolute atomic E-state index is 0.0805. The second-order valence-corrected chi connectivity index (χ2v) is 4.11. The van der Waals surface area contributed by atoms with Gasteiger partial charge in [0.25, 0.3) is 0 Å². The average molecular weight is 245 g/mol. The van der Waals surface area contributed by atoms with Crippen LogP contribution >= 0.6 is 0 Å². The molecule has 0 aliphatic heterocycles. The highest BCUT2D eigenvalue weighted by atomic mass is 15.2. The molecule has 18 heavy (non-hydrogen) atoms. The Morgan fingerprint density at radius 1 is 1.56 bits per heavy atom. The van der Waals surface area contributed by atoms with Crippen LogP contribution in [0.1, 0.15) is 13.8 Å². The summed E-state index contributed by atoms with van der Waals surface area (Å²) in [5.74, 6) is 0.837. The second-order valence-electron chi connectivity index (χ2n) is 4.11. The Morgan fingerprint density at radius 2 is 2.33 bits per heavy atom. The van der Waals surface area contributed by atoms with Gasteiger partial charge in [0, 0.05) is 13.1 Å². The van der Waals surface area contributed by atoms with Crippen molar-refractivity contribution in [3.63, 3.8) is 0 Å². The molecule has 0 spiro atoms. The van der Waals surface area contributed by atoms with Crippen molar-refractivity contribution in [2.24, 2.45) is 5.92 Å². The maximum absolute atomic E-state index is 8.90. The van der Waals surface area contributed by atoms with Crippen molar-refractivity contribution in [2.45, 2.75) is 13.8 Å². The van der Waals surface area contributed by atoms with E-state index in [0.29, 0.717) is 12.2 Å². The van der Waals surface area contributed by atoms with Crippen LogP contribution in [0.2, 0.25) is 0 Å². The van der Waals surface area contributed by atoms with E-state index in [1.54, 1.807) is 6.20 Å². The highest BCUT2D eigenvalue weighted by Crippen LogP contribution is 2.23. The van der Waals surface area contributed by atoms with E-state index in [1.807, 2.05) is 18.7 Å². The number of nitrogens with one attached hydrogen (secondary N) is 1. The van der Waals surface area contributed by atoms with Crippen molar-refractivity contribution < 1.29 is 0 Å². The van der Waals surface area contributed by atoms with Gasteiger partial charge in [-0.25, -0.2) is 0 Å². The second kappa shape index (κ2) is 4.87. The lowest BCUT2D eigenvalue weighted by atomic mass is 10.2. The van der Waals surface area contributed by atoms with Gasteiger partial charge < -0.3 is 10.6 Å². The van der Waals surface area contributed by atoms with Gasteiger partial charge in [0.2, 0.25) is 5.95 Å². The predicted molar refractivity (Wildman–Crippen MR) is 68.8 cm³/mol. The summed E-state index contributed by atoms with van der Waals surface area (Å²) in [4.78, 5) is 10.3. The lowest BCUT2D eigenvalue weighted by Gasteiger charge is -2.23. The van der Waals surface area contributed by atoms with Crippen LogP contribution in [-0.4, -0.2) is 33.3 Å². The van der Waals surface area contributed by atoms with E-state index >= 15 is 0 Å². The van der Waals surface area contributed by atoms with E-state index in [2.05, 4.69) is 26.2 Å². The van der Waals surface area contributed by atoms with Crippen LogP contribution in [0.25, 0.3) is 11.0 Å². The van der Waals surface area contributed by atoms with Gasteiger partial charge in [0.15, 0.2) is 5.65 Å². The molecule has 7 heteroatoms. The Labute approximate surface area is 105 Å². The standard InChI is InChI=1S/C11H15N7/c1-3-18(6-7(2)4-12)10-8-5-14-17-9(8)15-11(13)16-10/h5,7H,3,6H2,1-2H3,(H3,13,14,15,16,17). The molecule has 0 bridgehead atoms. The largest absolute Gasteiger partial charge is 0.368 e. The minimum atomic E-state index is -0.0805. The number of rotatable bonds is 4. The van der Waals surface area contributed by atoms with Crippen LogP contribution in [0.3, 0.4) is 0 Å². The van der Waals surface area contributed by atoms with Gasteiger partial charge in [-0.1, -0.05) is 0 Å². The summed E-state index contributed by atoms with van der Waals surface area (Å²) in [7, 11) is 0. The number of nitrogens with zero attached hydrogens (tertiary/aromatic N) is 5. The van der Waals surface area contributed by atoms with Crippen LogP contribution in [0.5, 0.6) is 0 Å². The summed E-state index contributed by atoms with van der Waals surface area (Å²) in [5.41, 5.74) is 6.29. The maximum atomic E-state index is 8.90. The van der Waals surface area contributed by atoms with E-state index in [0.717, 1.165) is 17.7 Å². The minimum Gasteiger partial charge on any atom is -0.368 e. The molecular formula is C11H15N7. The maximum Gasteiger partial charge on any atom is 0.224 e. The molecule has 2 aromatic rings. The molecule has 2 rings (SSSR count). The fourth-order valence-corrected chi connectivity index (χ4v) is 1.81. The first kappa shape index (κ1) is 12.1. The molecule has 0 fully saturated rings. The van der Waals surface area contributed by atoms with E-state index in [4.69, 9.17) is 11.0 Å². The van der Waals surface area contributed by atoms with Crippen molar-refractivity contribution in [1.29, 1.82) is 5.26 Å². The zero-order chi connectivity index (χ0) is 13.1. The third kappa shape index (κ3) is 2.18. The van der Waals surface area contributed by atoms with Gasteiger partial charge >= 0.3 is 0 Å². The molecule has 3 N–H and O–H groups in total. The summed E-state index contributed by atoms with van der Waals surface area (Å²) in [5, 5.41) is 16.4. The third-order valence-electron chi connectivity index (χ3n) is 2.70. The van der Waals surface area contributed by atoms with Gasteiger partial charge in [0.05, 0.1) is 23.6 Å². The van der Waals surface area contributed by atoms with E-state index in [1.165, 1.54) is 0 Å². The Kier molecular flexibility index (Phi) is 3.28. The van der Waals surface area contributed by atoms with Crippen LogP contribution in [0.15, 0.2) is 6.20 Å². The number of nitrogens with two attached hydrogens (primary N) is 1. The fraction of sp³-hybridized carbons (Fsp3) is 0.455. The SMILES string of the molecule is CCN(CC(C)C#N)c1nc(N)nc2[nH]ncc12. The smallest absolute Gasteiger partial charge is 0.224 e. The average Bonchev–Trinajstić information content (AvgIpc) is 2.82. The molecule has 0 aromatic carbocycles. The van der Waals surface area contributed by atoms with Crippen molar-refractivity contribution in [2.75, 3.05) is 23.7 Å². The number of H-pyrrole nitrogens is 1. The Bertz CT molecular complexity index is 583. The van der Waals surface area contributed by atoms with Gasteiger partial charge in [0.1, 0.15) is 5.82 Å². The number of nitrogen functional groups attached to an aromatic ring is 1. The molecule has 0 radical (unpaired) electrons. The summed E-state index contributed by atoms with van der Waals surface area (Å²) in [6.07, 6.45) is 1.67. The molecule has 0 aliphatic carbocycles. The number of aromatic nitrogens is 4. The lowest BCUT2D eigenvalue weighted by Crippen LogP contribution is -2.29. The summed E-state index contributed by atoms with van der Waals surface area (Å²) in [6.45, 7) is 5.22. The summed E-state index contributed by atoms with van der Waals surface area (Å²) < 4.78 is 0. The highest BCUT2D eigenvalue weighted by Gasteiger charge is 2.16. The Morgan fingerprint density at radius 3 is 3.00 bits per heavy atom. The molecule has 2 aromatic heterocycles. The highest BCUT2D eigenvalue weighted by molar-refractivity contribution is 5.87. The molecule has 1 atom stereocenters. The van der Waals surface area contributed by atoms with Gasteiger partial charge in [-0.15, -0.1) is 0 Å². The van der Waals surface area contributed by atoms with Gasteiger partial charge in [-0.2, -0.15) is 20.3 Å². The Balaban J connectivity index is 2.44. The number of aromatic amines is 1. The Hall–Kier alpha value is -2.36. The first-order valence-electron chi connectivity index (χ1n) is 5.76. The number of nitriles is 1. The molecule has 2 heterocycles. The molecular weight excluding hydrogens is 230 g/mol. The summed E-state index contributed by atoms with van der Waals surface area (Å²) >= 11 is 0. The van der Waals surface area contributed by atoms with Gasteiger partial charge in [-0.05, 0) is 13.8 Å².